The van der Waals surface area contributed by atoms with Crippen LogP contribution in [0.2, 0.25) is 0 Å². The van der Waals surface area contributed by atoms with Crippen LogP contribution in [0.1, 0.15) is 24.2 Å². The predicted molar refractivity (Wildman–Crippen MR) is 95.0 cm³/mol. The van der Waals surface area contributed by atoms with Crippen LogP contribution < -0.4 is 10.2 Å². The summed E-state index contributed by atoms with van der Waals surface area (Å²) in [7, 11) is 0. The van der Waals surface area contributed by atoms with E-state index in [2.05, 4.69) is 26.3 Å². The lowest BCUT2D eigenvalue weighted by Crippen LogP contribution is -2.42. The number of hydrogen-bond acceptors (Lipinski definition) is 6. The molecule has 0 amide bonds. The number of hydrogen-bond donors (Lipinski definition) is 1. The highest BCUT2D eigenvalue weighted by Gasteiger charge is 2.20. The topological polar surface area (TPSA) is 78.0 Å². The fourth-order valence-electron chi connectivity index (χ4n) is 3.21. The number of anilines is 1. The van der Waals surface area contributed by atoms with E-state index in [1.54, 1.807) is 12.4 Å². The van der Waals surface area contributed by atoms with Gasteiger partial charge in [0, 0.05) is 36.9 Å². The van der Waals surface area contributed by atoms with E-state index in [0.29, 0.717) is 17.3 Å². The Bertz CT molecular complexity index is 855. The average Bonchev–Trinajstić information content (AvgIpc) is 3.10. The van der Waals surface area contributed by atoms with Crippen molar-refractivity contribution in [3.63, 3.8) is 0 Å². The zero-order valence-corrected chi connectivity index (χ0v) is 13.9. The van der Waals surface area contributed by atoms with Crippen LogP contribution in [0.4, 0.5) is 5.82 Å². The number of nitriles is 1. The number of nitrogens with zero attached hydrogens (tertiary/aromatic N) is 4. The number of rotatable bonds is 4. The van der Waals surface area contributed by atoms with Crippen molar-refractivity contribution in [1.82, 2.24) is 15.3 Å². The number of aromatic nitrogens is 2. The van der Waals surface area contributed by atoms with Crippen LogP contribution in [0, 0.1) is 11.3 Å². The van der Waals surface area contributed by atoms with Crippen LogP contribution in [0.3, 0.4) is 0 Å². The third-order valence-corrected chi connectivity index (χ3v) is 4.61. The van der Waals surface area contributed by atoms with Gasteiger partial charge in [-0.25, -0.2) is 9.97 Å². The normalized spacial score (nSPS) is 15.4. The van der Waals surface area contributed by atoms with Gasteiger partial charge in [-0.15, -0.1) is 0 Å². The Hall–Kier alpha value is -2.91. The van der Waals surface area contributed by atoms with Crippen molar-refractivity contribution in [1.29, 1.82) is 5.26 Å². The molecule has 4 heterocycles. The number of furan rings is 1. The zero-order valence-electron chi connectivity index (χ0n) is 13.9. The predicted octanol–water partition coefficient (Wildman–Crippen LogP) is 2.85. The molecule has 1 fully saturated rings. The molecule has 0 spiro atoms. The lowest BCUT2D eigenvalue weighted by Gasteiger charge is -2.33. The van der Waals surface area contributed by atoms with Gasteiger partial charge in [-0.3, -0.25) is 0 Å². The standard InChI is InChI=1S/C19H19N5O/c20-11-14-3-4-18(23-12-14)24-8-5-16(6-9-24)22-13-17-10-15-2-1-7-21-19(15)25-17/h1-4,7,10,12,16,22H,5-6,8-9,13H2. The van der Waals surface area contributed by atoms with Crippen LogP contribution in [0.15, 0.2) is 47.1 Å². The highest BCUT2D eigenvalue weighted by molar-refractivity contribution is 5.73. The molecule has 0 atom stereocenters. The van der Waals surface area contributed by atoms with E-state index in [1.807, 2.05) is 30.3 Å². The molecule has 6 heteroatoms. The second-order valence-electron chi connectivity index (χ2n) is 6.27. The summed E-state index contributed by atoms with van der Waals surface area (Å²) in [5.74, 6) is 1.87. The van der Waals surface area contributed by atoms with Gasteiger partial charge in [0.1, 0.15) is 17.6 Å². The lowest BCUT2D eigenvalue weighted by atomic mass is 10.0. The fraction of sp³-hybridized carbons (Fsp3) is 0.316. The van der Waals surface area contributed by atoms with Crippen molar-refractivity contribution in [3.8, 4) is 6.07 Å². The molecule has 1 saturated heterocycles. The van der Waals surface area contributed by atoms with Crippen molar-refractivity contribution < 1.29 is 4.42 Å². The van der Waals surface area contributed by atoms with Gasteiger partial charge in [0.25, 0.3) is 0 Å². The summed E-state index contributed by atoms with van der Waals surface area (Å²) >= 11 is 0. The number of piperidine rings is 1. The first kappa shape index (κ1) is 15.6. The van der Waals surface area contributed by atoms with Gasteiger partial charge in [-0.1, -0.05) is 0 Å². The first-order valence-corrected chi connectivity index (χ1v) is 8.50. The first-order chi connectivity index (χ1) is 12.3. The third kappa shape index (κ3) is 3.47. The van der Waals surface area contributed by atoms with Gasteiger partial charge < -0.3 is 14.6 Å². The minimum Gasteiger partial charge on any atom is -0.441 e. The summed E-state index contributed by atoms with van der Waals surface area (Å²) in [6, 6.07) is 12.3. The molecule has 1 N–H and O–H groups in total. The molecule has 25 heavy (non-hydrogen) atoms. The Balaban J connectivity index is 1.30. The highest BCUT2D eigenvalue weighted by atomic mass is 16.3. The Labute approximate surface area is 146 Å². The molecule has 0 bridgehead atoms. The molecule has 3 aromatic rings. The maximum Gasteiger partial charge on any atom is 0.226 e. The number of nitrogens with one attached hydrogen (secondary N) is 1. The molecule has 0 aliphatic carbocycles. The van der Waals surface area contributed by atoms with Crippen LogP contribution in [-0.4, -0.2) is 29.1 Å². The van der Waals surface area contributed by atoms with E-state index in [0.717, 1.165) is 49.4 Å². The second kappa shape index (κ2) is 6.91. The van der Waals surface area contributed by atoms with E-state index in [9.17, 15) is 0 Å². The summed E-state index contributed by atoms with van der Waals surface area (Å²) in [6.45, 7) is 2.63. The molecule has 1 aliphatic rings. The minimum absolute atomic E-state index is 0.468. The van der Waals surface area contributed by atoms with Crippen molar-refractivity contribution in [3.05, 3.63) is 54.0 Å². The Morgan fingerprint density at radius 3 is 2.84 bits per heavy atom. The van der Waals surface area contributed by atoms with Crippen molar-refractivity contribution in [2.75, 3.05) is 18.0 Å². The maximum atomic E-state index is 8.85. The first-order valence-electron chi connectivity index (χ1n) is 8.50. The maximum absolute atomic E-state index is 8.85. The van der Waals surface area contributed by atoms with Gasteiger partial charge >= 0.3 is 0 Å². The largest absolute Gasteiger partial charge is 0.441 e. The number of pyridine rings is 2. The van der Waals surface area contributed by atoms with Gasteiger partial charge in [0.15, 0.2) is 0 Å². The van der Waals surface area contributed by atoms with Gasteiger partial charge in [0.2, 0.25) is 5.71 Å². The SMILES string of the molecule is N#Cc1ccc(N2CCC(NCc3cc4cccnc4o3)CC2)nc1. The molecule has 3 aromatic heterocycles. The highest BCUT2D eigenvalue weighted by Crippen LogP contribution is 2.20. The van der Waals surface area contributed by atoms with Crippen LogP contribution in [0.25, 0.3) is 11.1 Å². The van der Waals surface area contributed by atoms with Crippen LogP contribution in [-0.2, 0) is 6.54 Å². The van der Waals surface area contributed by atoms with Crippen molar-refractivity contribution >= 4 is 16.9 Å². The van der Waals surface area contributed by atoms with Crippen LogP contribution in [0.5, 0.6) is 0 Å². The minimum atomic E-state index is 0.468. The molecule has 0 unspecified atom stereocenters. The van der Waals surface area contributed by atoms with Crippen molar-refractivity contribution in [2.45, 2.75) is 25.4 Å². The molecule has 0 saturated carbocycles. The summed E-state index contributed by atoms with van der Waals surface area (Å²) in [6.07, 6.45) is 5.49. The molecule has 126 valence electrons. The number of fused-ring (bicyclic) bond motifs is 1. The smallest absolute Gasteiger partial charge is 0.226 e. The Kier molecular flexibility index (Phi) is 4.32. The molecular weight excluding hydrogens is 314 g/mol. The molecule has 0 radical (unpaired) electrons. The molecule has 6 nitrogen and oxygen atoms in total. The quantitative estimate of drug-likeness (QED) is 0.791. The van der Waals surface area contributed by atoms with E-state index >= 15 is 0 Å². The Morgan fingerprint density at radius 1 is 1.24 bits per heavy atom. The Morgan fingerprint density at radius 2 is 2.12 bits per heavy atom. The van der Waals surface area contributed by atoms with E-state index in [1.165, 1.54) is 0 Å². The monoisotopic (exact) mass is 333 g/mol. The average molecular weight is 333 g/mol. The molecule has 1 aliphatic heterocycles. The van der Waals surface area contributed by atoms with Gasteiger partial charge in [-0.05, 0) is 43.2 Å². The summed E-state index contributed by atoms with van der Waals surface area (Å²) < 4.78 is 5.75. The van der Waals surface area contributed by atoms with E-state index in [4.69, 9.17) is 9.68 Å². The molecule has 0 aromatic carbocycles. The lowest BCUT2D eigenvalue weighted by molar-refractivity contribution is 0.392. The van der Waals surface area contributed by atoms with Gasteiger partial charge in [0.05, 0.1) is 12.1 Å². The summed E-state index contributed by atoms with van der Waals surface area (Å²) in [4.78, 5) is 10.9. The zero-order chi connectivity index (χ0) is 17.1. The fourth-order valence-corrected chi connectivity index (χ4v) is 3.21. The van der Waals surface area contributed by atoms with E-state index < -0.39 is 0 Å². The second-order valence-corrected chi connectivity index (χ2v) is 6.27. The summed E-state index contributed by atoms with van der Waals surface area (Å²) in [5.41, 5.74) is 1.29. The van der Waals surface area contributed by atoms with Crippen LogP contribution >= 0.6 is 0 Å². The van der Waals surface area contributed by atoms with Gasteiger partial charge in [-0.2, -0.15) is 5.26 Å². The summed E-state index contributed by atoms with van der Waals surface area (Å²) in [5, 5.41) is 13.5. The molecular formula is C19H19N5O. The van der Waals surface area contributed by atoms with E-state index in [-0.39, 0.29) is 0 Å². The molecule has 4 rings (SSSR count). The third-order valence-electron chi connectivity index (χ3n) is 4.61. The van der Waals surface area contributed by atoms with Crippen molar-refractivity contribution in [2.24, 2.45) is 0 Å².